The lowest BCUT2D eigenvalue weighted by atomic mass is 10.1. The Morgan fingerprint density at radius 3 is 0.762 bits per heavy atom. The van der Waals surface area contributed by atoms with E-state index in [1.165, 1.54) is 0 Å². The Balaban J connectivity index is 0.000000230. The van der Waals surface area contributed by atoms with E-state index in [1.807, 2.05) is 62.4 Å². The van der Waals surface area contributed by atoms with E-state index in [-0.39, 0.29) is 34.9 Å². The van der Waals surface area contributed by atoms with Crippen LogP contribution in [0.3, 0.4) is 0 Å². The van der Waals surface area contributed by atoms with Gasteiger partial charge in [-0.2, -0.15) is 0 Å². The molecule has 4 rings (SSSR count). The fourth-order valence-corrected chi connectivity index (χ4v) is 3.94. The predicted octanol–water partition coefficient (Wildman–Crippen LogP) is 11.0. The molecule has 0 saturated heterocycles. The molecule has 0 aliphatic rings. The Kier molecular flexibility index (Phi) is 12.3. The second-order valence-corrected chi connectivity index (χ2v) is 17.5. The fraction of sp³-hybridized carbons (Fsp3) is 0.250. The van der Waals surface area contributed by atoms with Crippen molar-refractivity contribution in [2.45, 2.75) is 29.0 Å². The van der Waals surface area contributed by atoms with E-state index < -0.39 is 15.2 Å². The zero-order chi connectivity index (χ0) is 31.7. The summed E-state index contributed by atoms with van der Waals surface area (Å²) >= 11 is 69.8. The number of nitrogens with zero attached hydrogens (tertiary/aromatic N) is 6. The van der Waals surface area contributed by atoms with E-state index >= 15 is 0 Å². The summed E-state index contributed by atoms with van der Waals surface area (Å²) in [5.74, 6) is 0.0675. The van der Waals surface area contributed by atoms with Gasteiger partial charge in [-0.05, 0) is 13.8 Å². The van der Waals surface area contributed by atoms with Crippen molar-refractivity contribution in [3.63, 3.8) is 0 Å². The van der Waals surface area contributed by atoms with Crippen LogP contribution in [0.1, 0.15) is 34.4 Å². The van der Waals surface area contributed by atoms with Gasteiger partial charge in [-0.25, -0.2) is 29.9 Å². The fourth-order valence-electron chi connectivity index (χ4n) is 2.92. The van der Waals surface area contributed by atoms with Crippen LogP contribution < -0.4 is 0 Å². The molecule has 0 saturated carbocycles. The van der Waals surface area contributed by atoms with Crippen LogP contribution in [-0.2, 0) is 15.2 Å². The van der Waals surface area contributed by atoms with Crippen molar-refractivity contribution in [1.29, 1.82) is 0 Å². The molecule has 0 aliphatic heterocycles. The third-order valence-corrected chi connectivity index (χ3v) is 6.93. The lowest BCUT2D eigenvalue weighted by Gasteiger charge is -2.15. The van der Waals surface area contributed by atoms with Crippen molar-refractivity contribution in [2.75, 3.05) is 0 Å². The van der Waals surface area contributed by atoms with Crippen LogP contribution in [0.4, 0.5) is 0 Å². The molecule has 224 valence electrons. The van der Waals surface area contributed by atoms with Crippen LogP contribution in [0.2, 0.25) is 0 Å². The number of alkyl halides is 12. The van der Waals surface area contributed by atoms with Crippen molar-refractivity contribution in [3.05, 3.63) is 83.0 Å². The normalized spacial score (nSPS) is 12.5. The Morgan fingerprint density at radius 1 is 0.357 bits per heavy atom. The van der Waals surface area contributed by atoms with Crippen LogP contribution in [0.15, 0.2) is 48.5 Å². The van der Waals surface area contributed by atoms with Crippen LogP contribution in [0.25, 0.3) is 22.8 Å². The highest BCUT2D eigenvalue weighted by atomic mass is 35.6. The molecule has 4 aromatic rings. The minimum Gasteiger partial charge on any atom is -0.209 e. The van der Waals surface area contributed by atoms with Gasteiger partial charge in [0.1, 0.15) is 0 Å². The second kappa shape index (κ2) is 14.1. The van der Waals surface area contributed by atoms with Crippen molar-refractivity contribution >= 4 is 139 Å². The van der Waals surface area contributed by atoms with E-state index in [0.29, 0.717) is 11.1 Å². The van der Waals surface area contributed by atoms with Gasteiger partial charge in [0.05, 0.1) is 0 Å². The number of benzene rings is 2. The molecule has 0 spiro atoms. The minimum absolute atomic E-state index is 0.112. The standard InChI is InChI=1S/2C12H7Cl6N3/c2*1-6-2-4-7(5-3-6)8-19-9(11(13,14)15)21-10(20-8)12(16,17)18/h2*2-5H,1H3. The quantitative estimate of drug-likeness (QED) is 0.188. The van der Waals surface area contributed by atoms with Gasteiger partial charge >= 0.3 is 0 Å². The van der Waals surface area contributed by atoms with Gasteiger partial charge in [-0.3, -0.25) is 0 Å². The monoisotopic (exact) mass is 806 g/mol. The van der Waals surface area contributed by atoms with Crippen LogP contribution in [-0.4, -0.2) is 29.9 Å². The molecule has 18 heteroatoms. The van der Waals surface area contributed by atoms with Gasteiger partial charge in [-0.15, -0.1) is 0 Å². The summed E-state index contributed by atoms with van der Waals surface area (Å²) in [6.07, 6.45) is 0. The Labute approximate surface area is 301 Å². The number of hydrogen-bond acceptors (Lipinski definition) is 6. The molecule has 0 amide bonds. The first-order chi connectivity index (χ1) is 19.1. The van der Waals surface area contributed by atoms with Crippen molar-refractivity contribution in [1.82, 2.24) is 29.9 Å². The van der Waals surface area contributed by atoms with E-state index in [9.17, 15) is 0 Å². The molecule has 2 aromatic heterocycles. The minimum atomic E-state index is -1.85. The summed E-state index contributed by atoms with van der Waals surface area (Å²) in [4.78, 5) is 24.3. The van der Waals surface area contributed by atoms with Gasteiger partial charge < -0.3 is 0 Å². The summed E-state index contributed by atoms with van der Waals surface area (Å²) in [5, 5.41) is 0. The molecule has 0 atom stereocenters. The Hall–Kier alpha value is -0.0600. The third kappa shape index (κ3) is 10.5. The summed E-state index contributed by atoms with van der Waals surface area (Å²) < 4.78 is -7.42. The molecule has 0 bridgehead atoms. The van der Waals surface area contributed by atoms with Crippen molar-refractivity contribution in [3.8, 4) is 22.8 Å². The molecule has 0 aliphatic carbocycles. The SMILES string of the molecule is Cc1ccc(-c2nc(C(Cl)(Cl)Cl)nc(C(Cl)(Cl)Cl)n2)cc1.Cc1ccc(-c2nc(C(Cl)(Cl)Cl)nc(C(Cl)(Cl)Cl)n2)cc1. The molecule has 42 heavy (non-hydrogen) atoms. The molecular weight excluding hydrogens is 798 g/mol. The smallest absolute Gasteiger partial charge is 0.209 e. The van der Waals surface area contributed by atoms with Crippen molar-refractivity contribution < 1.29 is 0 Å². The molecule has 0 radical (unpaired) electrons. The Bertz CT molecular complexity index is 1340. The number of halogens is 12. The zero-order valence-electron chi connectivity index (χ0n) is 20.8. The highest BCUT2D eigenvalue weighted by molar-refractivity contribution is 6.68. The van der Waals surface area contributed by atoms with Gasteiger partial charge in [0.15, 0.2) is 34.9 Å². The maximum Gasteiger partial charge on any atom is 0.250 e. The number of rotatable bonds is 2. The highest BCUT2D eigenvalue weighted by Gasteiger charge is 2.35. The summed E-state index contributed by atoms with van der Waals surface area (Å²) in [6, 6.07) is 14.8. The molecule has 6 nitrogen and oxygen atoms in total. The van der Waals surface area contributed by atoms with Gasteiger partial charge in [0.25, 0.3) is 0 Å². The first-order valence-corrected chi connectivity index (χ1v) is 15.6. The zero-order valence-corrected chi connectivity index (χ0v) is 29.9. The van der Waals surface area contributed by atoms with Crippen LogP contribution in [0, 0.1) is 13.8 Å². The van der Waals surface area contributed by atoms with E-state index in [0.717, 1.165) is 11.1 Å². The van der Waals surface area contributed by atoms with Crippen LogP contribution in [0.5, 0.6) is 0 Å². The summed E-state index contributed by atoms with van der Waals surface area (Å²) in [6.45, 7) is 3.91. The predicted molar refractivity (Wildman–Crippen MR) is 177 cm³/mol. The van der Waals surface area contributed by atoms with E-state index in [2.05, 4.69) is 29.9 Å². The van der Waals surface area contributed by atoms with Crippen LogP contribution >= 0.6 is 139 Å². The number of aryl methyl sites for hydroxylation is 2. The third-order valence-electron chi connectivity index (χ3n) is 4.90. The first-order valence-electron chi connectivity index (χ1n) is 11.1. The molecular formula is C24H14Cl12N6. The maximum absolute atomic E-state index is 5.81. The van der Waals surface area contributed by atoms with Gasteiger partial charge in [0, 0.05) is 11.1 Å². The maximum atomic E-state index is 5.81. The lowest BCUT2D eigenvalue weighted by molar-refractivity contribution is 0.851. The lowest BCUT2D eigenvalue weighted by Crippen LogP contribution is -2.16. The Morgan fingerprint density at radius 2 is 0.571 bits per heavy atom. The van der Waals surface area contributed by atoms with Gasteiger partial charge in [-0.1, -0.05) is 199 Å². The molecule has 0 N–H and O–H groups in total. The van der Waals surface area contributed by atoms with Crippen molar-refractivity contribution in [2.24, 2.45) is 0 Å². The second-order valence-electron chi connectivity index (χ2n) is 8.34. The molecule has 0 unspecified atom stereocenters. The van der Waals surface area contributed by atoms with E-state index in [4.69, 9.17) is 139 Å². The first kappa shape index (κ1) is 36.4. The average molecular weight is 812 g/mol. The number of aromatic nitrogens is 6. The molecule has 2 heterocycles. The highest BCUT2D eigenvalue weighted by Crippen LogP contribution is 2.42. The molecule has 0 fully saturated rings. The molecule has 2 aromatic carbocycles. The number of hydrogen-bond donors (Lipinski definition) is 0. The summed E-state index contributed by atoms with van der Waals surface area (Å²) in [5.41, 5.74) is 3.54. The topological polar surface area (TPSA) is 77.3 Å². The summed E-state index contributed by atoms with van der Waals surface area (Å²) in [7, 11) is 0. The van der Waals surface area contributed by atoms with Gasteiger partial charge in [0.2, 0.25) is 15.2 Å². The average Bonchev–Trinajstić information content (AvgIpc) is 2.87. The van der Waals surface area contributed by atoms with E-state index in [1.54, 1.807) is 0 Å². The largest absolute Gasteiger partial charge is 0.250 e.